The maximum atomic E-state index is 12.9. The number of halogens is 1. The summed E-state index contributed by atoms with van der Waals surface area (Å²) in [5, 5.41) is 3.17. The zero-order valence-corrected chi connectivity index (χ0v) is 14.7. The fourth-order valence-corrected chi connectivity index (χ4v) is 4.70. The van der Waals surface area contributed by atoms with Crippen LogP contribution in [0.3, 0.4) is 0 Å². The van der Waals surface area contributed by atoms with E-state index in [1.165, 1.54) is 30.7 Å². The van der Waals surface area contributed by atoms with Crippen LogP contribution in [0, 0.1) is 22.6 Å². The second-order valence-electron chi connectivity index (χ2n) is 8.16. The molecule has 3 atom stereocenters. The number of fused-ring (bicyclic) bond motifs is 2. The average Bonchev–Trinajstić information content (AvgIpc) is 2.86. The Balaban J connectivity index is 1.54. The van der Waals surface area contributed by atoms with Crippen LogP contribution in [0.2, 0.25) is 0 Å². The Morgan fingerprint density at radius 2 is 1.83 bits per heavy atom. The van der Waals surface area contributed by atoms with Crippen LogP contribution in [-0.4, -0.2) is 17.7 Å². The molecule has 0 spiro atoms. The van der Waals surface area contributed by atoms with Crippen LogP contribution < -0.4 is 5.32 Å². The summed E-state index contributed by atoms with van der Waals surface area (Å²) >= 11 is 0. The molecule has 1 amide bonds. The monoisotopic (exact) mass is 331 g/mol. The first-order valence-electron chi connectivity index (χ1n) is 8.82. The largest absolute Gasteiger partial charge is 0.353 e. The van der Waals surface area contributed by atoms with E-state index in [4.69, 9.17) is 0 Å². The Morgan fingerprint density at radius 1 is 1.17 bits per heavy atom. The summed E-state index contributed by atoms with van der Waals surface area (Å²) in [6.45, 7) is 6.92. The number of nitrogens with one attached hydrogen (secondary N) is 1. The number of Topliss-reactive ketones (excluding diaryl/α,β-unsaturated/α-hetero) is 1. The van der Waals surface area contributed by atoms with E-state index in [1.54, 1.807) is 0 Å². The Morgan fingerprint density at radius 3 is 2.38 bits per heavy atom. The SMILES string of the molecule is CC1(C)C2CCC1(C)C(NC(=O)CCC(=O)c1ccc(F)cc1)C2. The summed E-state index contributed by atoms with van der Waals surface area (Å²) in [6.07, 6.45) is 3.80. The minimum Gasteiger partial charge on any atom is -0.353 e. The molecule has 2 aliphatic carbocycles. The molecule has 24 heavy (non-hydrogen) atoms. The summed E-state index contributed by atoms with van der Waals surface area (Å²) < 4.78 is 12.9. The van der Waals surface area contributed by atoms with Crippen molar-refractivity contribution in [3.05, 3.63) is 35.6 Å². The molecule has 2 saturated carbocycles. The number of benzene rings is 1. The molecule has 2 bridgehead atoms. The number of hydrogen-bond acceptors (Lipinski definition) is 2. The second-order valence-corrected chi connectivity index (χ2v) is 8.16. The fourth-order valence-electron chi connectivity index (χ4n) is 4.70. The van der Waals surface area contributed by atoms with E-state index in [9.17, 15) is 14.0 Å². The van der Waals surface area contributed by atoms with Crippen LogP contribution in [0.15, 0.2) is 24.3 Å². The Bertz CT molecular complexity index is 652. The van der Waals surface area contributed by atoms with Crippen molar-refractivity contribution >= 4 is 11.7 Å². The molecule has 2 fully saturated rings. The Labute approximate surface area is 143 Å². The van der Waals surface area contributed by atoms with E-state index in [0.29, 0.717) is 11.5 Å². The van der Waals surface area contributed by atoms with Crippen molar-refractivity contribution in [3.8, 4) is 0 Å². The van der Waals surface area contributed by atoms with E-state index < -0.39 is 0 Å². The first-order chi connectivity index (χ1) is 11.2. The molecule has 1 aromatic carbocycles. The molecular weight excluding hydrogens is 305 g/mol. The maximum absolute atomic E-state index is 12.9. The van der Waals surface area contributed by atoms with Gasteiger partial charge in [-0.3, -0.25) is 9.59 Å². The summed E-state index contributed by atoms with van der Waals surface area (Å²) in [6, 6.07) is 5.68. The molecule has 130 valence electrons. The lowest BCUT2D eigenvalue weighted by Crippen LogP contribution is -2.46. The van der Waals surface area contributed by atoms with Crippen molar-refractivity contribution in [2.45, 2.75) is 58.9 Å². The van der Waals surface area contributed by atoms with Gasteiger partial charge < -0.3 is 5.32 Å². The van der Waals surface area contributed by atoms with E-state index >= 15 is 0 Å². The quantitative estimate of drug-likeness (QED) is 0.825. The lowest BCUT2D eigenvalue weighted by atomic mass is 9.69. The zero-order chi connectivity index (χ0) is 17.5. The van der Waals surface area contributed by atoms with Gasteiger partial charge in [0, 0.05) is 24.4 Å². The molecule has 0 aromatic heterocycles. The Hall–Kier alpha value is -1.71. The maximum Gasteiger partial charge on any atom is 0.220 e. The summed E-state index contributed by atoms with van der Waals surface area (Å²) in [7, 11) is 0. The molecule has 0 radical (unpaired) electrons. The average molecular weight is 331 g/mol. The van der Waals surface area contributed by atoms with Crippen LogP contribution in [0.4, 0.5) is 4.39 Å². The lowest BCUT2D eigenvalue weighted by Gasteiger charge is -2.39. The van der Waals surface area contributed by atoms with Crippen molar-refractivity contribution in [3.63, 3.8) is 0 Å². The third-order valence-corrected chi connectivity index (χ3v) is 6.87. The number of carbonyl (C=O) groups excluding carboxylic acids is 2. The third kappa shape index (κ3) is 2.76. The molecule has 0 aliphatic heterocycles. The van der Waals surface area contributed by atoms with Gasteiger partial charge in [0.2, 0.25) is 5.91 Å². The highest BCUT2D eigenvalue weighted by Crippen LogP contribution is 2.65. The molecular formula is C20H26FNO2. The van der Waals surface area contributed by atoms with Crippen molar-refractivity contribution in [2.24, 2.45) is 16.7 Å². The van der Waals surface area contributed by atoms with Gasteiger partial charge in [-0.15, -0.1) is 0 Å². The van der Waals surface area contributed by atoms with Gasteiger partial charge >= 0.3 is 0 Å². The topological polar surface area (TPSA) is 46.2 Å². The Kier molecular flexibility index (Phi) is 4.27. The van der Waals surface area contributed by atoms with Gasteiger partial charge in [-0.25, -0.2) is 4.39 Å². The first kappa shape index (κ1) is 17.1. The van der Waals surface area contributed by atoms with Gasteiger partial charge in [-0.2, -0.15) is 0 Å². The van der Waals surface area contributed by atoms with Gasteiger partial charge in [0.1, 0.15) is 5.82 Å². The predicted molar refractivity (Wildman–Crippen MR) is 91.1 cm³/mol. The molecule has 2 aliphatic rings. The van der Waals surface area contributed by atoms with Crippen LogP contribution in [0.5, 0.6) is 0 Å². The van der Waals surface area contributed by atoms with Gasteiger partial charge in [0.25, 0.3) is 0 Å². The standard InChI is InChI=1S/C20H26FNO2/c1-19(2)14-10-11-20(19,3)17(12-14)22-18(24)9-8-16(23)13-4-6-15(21)7-5-13/h4-7,14,17H,8-12H2,1-3H3,(H,22,24). The summed E-state index contributed by atoms with van der Waals surface area (Å²) in [5.74, 6) is 0.134. The highest BCUT2D eigenvalue weighted by molar-refractivity contribution is 5.97. The molecule has 0 saturated heterocycles. The zero-order valence-electron chi connectivity index (χ0n) is 14.7. The minimum absolute atomic E-state index is 0.0555. The smallest absolute Gasteiger partial charge is 0.220 e. The molecule has 1 aromatic rings. The first-order valence-corrected chi connectivity index (χ1v) is 8.82. The lowest BCUT2D eigenvalue weighted by molar-refractivity contribution is -0.122. The number of hydrogen-bond donors (Lipinski definition) is 1. The van der Waals surface area contributed by atoms with Gasteiger partial charge in [0.15, 0.2) is 5.78 Å². The van der Waals surface area contributed by atoms with Crippen molar-refractivity contribution in [2.75, 3.05) is 0 Å². The molecule has 0 heterocycles. The van der Waals surface area contributed by atoms with Crippen molar-refractivity contribution in [1.82, 2.24) is 5.32 Å². The van der Waals surface area contributed by atoms with E-state index in [1.807, 2.05) is 0 Å². The number of amides is 1. The highest BCUT2D eigenvalue weighted by atomic mass is 19.1. The second kappa shape index (κ2) is 5.98. The van der Waals surface area contributed by atoms with E-state index in [-0.39, 0.29) is 47.2 Å². The van der Waals surface area contributed by atoms with Gasteiger partial charge in [0.05, 0.1) is 0 Å². The third-order valence-electron chi connectivity index (χ3n) is 6.87. The van der Waals surface area contributed by atoms with Crippen molar-refractivity contribution in [1.29, 1.82) is 0 Å². The molecule has 1 N–H and O–H groups in total. The highest BCUT2D eigenvalue weighted by Gasteiger charge is 2.61. The number of ketones is 1. The van der Waals surface area contributed by atoms with Crippen LogP contribution >= 0.6 is 0 Å². The summed E-state index contributed by atoms with van der Waals surface area (Å²) in [5.41, 5.74) is 0.862. The van der Waals surface area contributed by atoms with Gasteiger partial charge in [-0.05, 0) is 60.3 Å². The molecule has 3 unspecified atom stereocenters. The van der Waals surface area contributed by atoms with E-state index in [0.717, 1.165) is 12.8 Å². The van der Waals surface area contributed by atoms with E-state index in [2.05, 4.69) is 26.1 Å². The number of rotatable bonds is 5. The minimum atomic E-state index is -0.364. The molecule has 3 rings (SSSR count). The fraction of sp³-hybridized carbons (Fsp3) is 0.600. The van der Waals surface area contributed by atoms with Gasteiger partial charge in [-0.1, -0.05) is 20.8 Å². The van der Waals surface area contributed by atoms with Crippen molar-refractivity contribution < 1.29 is 14.0 Å². The summed E-state index contributed by atoms with van der Waals surface area (Å²) in [4.78, 5) is 24.4. The predicted octanol–water partition coefficient (Wildman–Crippen LogP) is 4.12. The number of carbonyl (C=O) groups is 2. The van der Waals surface area contributed by atoms with Crippen LogP contribution in [0.1, 0.15) is 63.2 Å². The van der Waals surface area contributed by atoms with Crippen LogP contribution in [0.25, 0.3) is 0 Å². The molecule has 4 heteroatoms. The molecule has 3 nitrogen and oxygen atoms in total. The normalized spacial score (nSPS) is 30.3. The van der Waals surface area contributed by atoms with Crippen LogP contribution in [-0.2, 0) is 4.79 Å².